The van der Waals surface area contributed by atoms with Gasteiger partial charge in [0.05, 0.1) is 5.25 Å². The number of imide groups is 1. The van der Waals surface area contributed by atoms with Crippen LogP contribution in [-0.2, 0) is 14.4 Å². The van der Waals surface area contributed by atoms with Crippen LogP contribution < -0.4 is 0 Å². The first kappa shape index (κ1) is 16.5. The molecule has 2 fully saturated rings. The lowest BCUT2D eigenvalue weighted by molar-refractivity contribution is -0.139. The number of likely N-dealkylation sites (tertiary alicyclic amines) is 1. The molecule has 118 valence electrons. The summed E-state index contributed by atoms with van der Waals surface area (Å²) in [4.78, 5) is 37.5. The SMILES string of the molecule is CSC1CC(=O)N(CC2CCC(C(=O)C(C)C)CC2)C1=O. The van der Waals surface area contributed by atoms with Crippen molar-refractivity contribution in [2.24, 2.45) is 17.8 Å². The largest absolute Gasteiger partial charge is 0.299 e. The summed E-state index contributed by atoms with van der Waals surface area (Å²) in [5.41, 5.74) is 0. The Morgan fingerprint density at radius 1 is 1.24 bits per heavy atom. The molecule has 0 spiro atoms. The molecule has 5 heteroatoms. The fourth-order valence-electron chi connectivity index (χ4n) is 3.39. The van der Waals surface area contributed by atoms with Crippen molar-refractivity contribution in [1.29, 1.82) is 0 Å². The van der Waals surface area contributed by atoms with E-state index >= 15 is 0 Å². The summed E-state index contributed by atoms with van der Waals surface area (Å²) >= 11 is 1.46. The number of carbonyl (C=O) groups excluding carboxylic acids is 3. The molecule has 0 aromatic carbocycles. The third-order valence-corrected chi connectivity index (χ3v) is 5.68. The zero-order valence-electron chi connectivity index (χ0n) is 13.1. The Balaban J connectivity index is 1.85. The van der Waals surface area contributed by atoms with Crippen LogP contribution in [0.3, 0.4) is 0 Å². The monoisotopic (exact) mass is 311 g/mol. The van der Waals surface area contributed by atoms with E-state index in [1.807, 2.05) is 20.1 Å². The minimum Gasteiger partial charge on any atom is -0.299 e. The van der Waals surface area contributed by atoms with Crippen molar-refractivity contribution >= 4 is 29.4 Å². The molecule has 4 nitrogen and oxygen atoms in total. The summed E-state index contributed by atoms with van der Waals surface area (Å²) in [7, 11) is 0. The molecule has 1 heterocycles. The van der Waals surface area contributed by atoms with Gasteiger partial charge in [-0.3, -0.25) is 19.3 Å². The molecular formula is C16H25NO3S. The highest BCUT2D eigenvalue weighted by molar-refractivity contribution is 8.00. The van der Waals surface area contributed by atoms with E-state index in [1.165, 1.54) is 16.7 Å². The van der Waals surface area contributed by atoms with Crippen LogP contribution in [0.2, 0.25) is 0 Å². The van der Waals surface area contributed by atoms with Gasteiger partial charge in [0.25, 0.3) is 0 Å². The van der Waals surface area contributed by atoms with Crippen LogP contribution in [0, 0.1) is 17.8 Å². The van der Waals surface area contributed by atoms with E-state index in [1.54, 1.807) is 0 Å². The number of thioether (sulfide) groups is 1. The second kappa shape index (κ2) is 6.95. The van der Waals surface area contributed by atoms with Crippen molar-refractivity contribution < 1.29 is 14.4 Å². The summed E-state index contributed by atoms with van der Waals surface area (Å²) < 4.78 is 0. The summed E-state index contributed by atoms with van der Waals surface area (Å²) in [6.45, 7) is 4.47. The van der Waals surface area contributed by atoms with Crippen molar-refractivity contribution in [3.8, 4) is 0 Å². The summed E-state index contributed by atoms with van der Waals surface area (Å²) in [6, 6.07) is 0. The Kier molecular flexibility index (Phi) is 5.47. The van der Waals surface area contributed by atoms with Crippen molar-refractivity contribution in [2.45, 2.75) is 51.2 Å². The molecule has 0 aromatic rings. The van der Waals surface area contributed by atoms with E-state index < -0.39 is 0 Å². The molecule has 21 heavy (non-hydrogen) atoms. The van der Waals surface area contributed by atoms with Gasteiger partial charge in [-0.1, -0.05) is 13.8 Å². The first-order chi connectivity index (χ1) is 9.93. The molecular weight excluding hydrogens is 286 g/mol. The van der Waals surface area contributed by atoms with Crippen LogP contribution in [-0.4, -0.2) is 40.5 Å². The molecule has 2 aliphatic rings. The first-order valence-corrected chi connectivity index (χ1v) is 9.13. The van der Waals surface area contributed by atoms with E-state index in [2.05, 4.69) is 0 Å². The minimum absolute atomic E-state index is 0.0205. The van der Waals surface area contributed by atoms with Gasteiger partial charge < -0.3 is 0 Å². The molecule has 1 saturated heterocycles. The van der Waals surface area contributed by atoms with E-state index in [0.717, 1.165) is 25.7 Å². The number of hydrogen-bond donors (Lipinski definition) is 0. The van der Waals surface area contributed by atoms with Gasteiger partial charge in [-0.25, -0.2) is 0 Å². The highest BCUT2D eigenvalue weighted by atomic mass is 32.2. The molecule has 2 amide bonds. The second-order valence-corrected chi connectivity index (χ2v) is 7.59. The standard InChI is InChI=1S/C16H25NO3S/c1-10(2)15(19)12-6-4-11(5-7-12)9-17-14(18)8-13(21-3)16(17)20/h10-13H,4-9H2,1-3H3. The Hall–Kier alpha value is -0.840. The van der Waals surface area contributed by atoms with Crippen molar-refractivity contribution in [3.63, 3.8) is 0 Å². The lowest BCUT2D eigenvalue weighted by Crippen LogP contribution is -2.37. The van der Waals surface area contributed by atoms with Crippen LogP contribution >= 0.6 is 11.8 Å². The molecule has 0 radical (unpaired) electrons. The maximum atomic E-state index is 12.1. The van der Waals surface area contributed by atoms with E-state index in [0.29, 0.717) is 24.7 Å². The number of rotatable bonds is 5. The van der Waals surface area contributed by atoms with E-state index in [9.17, 15) is 14.4 Å². The third kappa shape index (κ3) is 3.68. The van der Waals surface area contributed by atoms with E-state index in [-0.39, 0.29) is 28.9 Å². The van der Waals surface area contributed by atoms with Gasteiger partial charge >= 0.3 is 0 Å². The van der Waals surface area contributed by atoms with E-state index in [4.69, 9.17) is 0 Å². The Morgan fingerprint density at radius 3 is 2.33 bits per heavy atom. The van der Waals surface area contributed by atoms with Gasteiger partial charge in [0, 0.05) is 24.8 Å². The van der Waals surface area contributed by atoms with Crippen LogP contribution in [0.5, 0.6) is 0 Å². The van der Waals surface area contributed by atoms with Gasteiger partial charge in [-0.15, -0.1) is 0 Å². The van der Waals surface area contributed by atoms with Gasteiger partial charge in [-0.2, -0.15) is 11.8 Å². The first-order valence-electron chi connectivity index (χ1n) is 7.84. The lowest BCUT2D eigenvalue weighted by atomic mass is 9.77. The smallest absolute Gasteiger partial charge is 0.242 e. The Labute approximate surface area is 131 Å². The minimum atomic E-state index is -0.184. The van der Waals surface area contributed by atoms with Gasteiger partial charge in [0.1, 0.15) is 5.78 Å². The number of ketones is 1. The molecule has 1 aliphatic carbocycles. The van der Waals surface area contributed by atoms with Gasteiger partial charge in [-0.05, 0) is 37.9 Å². The number of carbonyl (C=O) groups is 3. The summed E-state index contributed by atoms with van der Waals surface area (Å²) in [5, 5.41) is -0.184. The summed E-state index contributed by atoms with van der Waals surface area (Å²) in [5.74, 6) is 0.979. The van der Waals surface area contributed by atoms with Crippen LogP contribution in [0.1, 0.15) is 46.0 Å². The van der Waals surface area contributed by atoms with Crippen molar-refractivity contribution in [1.82, 2.24) is 4.90 Å². The molecule has 0 N–H and O–H groups in total. The number of hydrogen-bond acceptors (Lipinski definition) is 4. The molecule has 0 aromatic heterocycles. The average molecular weight is 311 g/mol. The normalized spacial score (nSPS) is 30.3. The second-order valence-electron chi connectivity index (χ2n) is 6.55. The molecule has 1 atom stereocenters. The quantitative estimate of drug-likeness (QED) is 0.732. The molecule has 1 saturated carbocycles. The maximum absolute atomic E-state index is 12.1. The number of Topliss-reactive ketones (excluding diaryl/α,β-unsaturated/α-hetero) is 1. The maximum Gasteiger partial charge on any atom is 0.242 e. The lowest BCUT2D eigenvalue weighted by Gasteiger charge is -2.30. The van der Waals surface area contributed by atoms with Crippen LogP contribution in [0.15, 0.2) is 0 Å². The Bertz CT molecular complexity index is 427. The van der Waals surface area contributed by atoms with Gasteiger partial charge in [0.2, 0.25) is 11.8 Å². The zero-order valence-corrected chi connectivity index (χ0v) is 13.9. The highest BCUT2D eigenvalue weighted by Gasteiger charge is 2.39. The van der Waals surface area contributed by atoms with Crippen LogP contribution in [0.4, 0.5) is 0 Å². The fourth-order valence-corrected chi connectivity index (χ4v) is 4.03. The predicted molar refractivity (Wildman–Crippen MR) is 83.9 cm³/mol. The summed E-state index contributed by atoms with van der Waals surface area (Å²) in [6.07, 6.45) is 5.94. The molecule has 0 bridgehead atoms. The van der Waals surface area contributed by atoms with Crippen molar-refractivity contribution in [3.05, 3.63) is 0 Å². The number of nitrogens with zero attached hydrogens (tertiary/aromatic N) is 1. The predicted octanol–water partition coefficient (Wildman–Crippen LogP) is 2.51. The van der Waals surface area contributed by atoms with Crippen molar-refractivity contribution in [2.75, 3.05) is 12.8 Å². The fraction of sp³-hybridized carbons (Fsp3) is 0.812. The topological polar surface area (TPSA) is 54.5 Å². The van der Waals surface area contributed by atoms with Crippen LogP contribution in [0.25, 0.3) is 0 Å². The molecule has 1 aliphatic heterocycles. The molecule has 1 unspecified atom stereocenters. The molecule has 2 rings (SSSR count). The Morgan fingerprint density at radius 2 is 1.86 bits per heavy atom. The number of amides is 2. The van der Waals surface area contributed by atoms with Gasteiger partial charge in [0.15, 0.2) is 0 Å². The average Bonchev–Trinajstić information content (AvgIpc) is 2.74. The zero-order chi connectivity index (χ0) is 15.6. The highest BCUT2D eigenvalue weighted by Crippen LogP contribution is 2.33. The third-order valence-electron chi connectivity index (χ3n) is 4.75.